The predicted molar refractivity (Wildman–Crippen MR) is 127 cm³/mol. The summed E-state index contributed by atoms with van der Waals surface area (Å²) in [6, 6.07) is 7.83. The molecule has 0 bridgehead atoms. The molecule has 1 saturated heterocycles. The van der Waals surface area contributed by atoms with E-state index >= 15 is 0 Å². The summed E-state index contributed by atoms with van der Waals surface area (Å²) in [7, 11) is 0. The first-order chi connectivity index (χ1) is 15.5. The number of fused-ring (bicyclic) bond motifs is 1. The maximum absolute atomic E-state index is 13.4. The molecular formula is C24H23N5O2S. The highest BCUT2D eigenvalue weighted by molar-refractivity contribution is 7.18. The molecule has 1 aliphatic rings. The van der Waals surface area contributed by atoms with Crippen molar-refractivity contribution >= 4 is 39.1 Å². The monoisotopic (exact) mass is 445 g/mol. The Balaban J connectivity index is 1.60. The second-order valence-electron chi connectivity index (χ2n) is 8.00. The molecule has 5 rings (SSSR count). The van der Waals surface area contributed by atoms with Gasteiger partial charge >= 0.3 is 0 Å². The molecule has 1 N–H and O–H groups in total. The predicted octanol–water partition coefficient (Wildman–Crippen LogP) is 3.95. The zero-order valence-corrected chi connectivity index (χ0v) is 18.8. The molecule has 7 nitrogen and oxygen atoms in total. The van der Waals surface area contributed by atoms with Crippen LogP contribution in [-0.4, -0.2) is 43.4 Å². The Kier molecular flexibility index (Phi) is 5.22. The molecule has 1 aromatic carbocycles. The number of rotatable bonds is 4. The largest absolute Gasteiger partial charge is 0.339 e. The standard InChI is InChI=1S/C24H23N5O2S/c1-15-16(2)32-23-20(15)22(30)26-21(27-23)19(24(31)28-10-3-4-11-28)13-17-5-7-18(8-6-17)29-12-9-25-14-29/h5-9,12-14H,3-4,10-11H2,1-2H3,(H,26,27,30)/b19-13+. The summed E-state index contributed by atoms with van der Waals surface area (Å²) in [4.78, 5) is 41.5. The van der Waals surface area contributed by atoms with Crippen LogP contribution in [0.1, 0.15) is 34.7 Å². The number of nitrogens with one attached hydrogen (secondary N) is 1. The van der Waals surface area contributed by atoms with Crippen molar-refractivity contribution in [3.63, 3.8) is 0 Å². The van der Waals surface area contributed by atoms with Crippen molar-refractivity contribution < 1.29 is 4.79 Å². The van der Waals surface area contributed by atoms with Crippen LogP contribution in [0.2, 0.25) is 0 Å². The number of thiophene rings is 1. The Bertz CT molecular complexity index is 1370. The molecule has 0 atom stereocenters. The number of benzene rings is 1. The molecule has 0 aliphatic carbocycles. The van der Waals surface area contributed by atoms with Crippen LogP contribution >= 0.6 is 11.3 Å². The van der Waals surface area contributed by atoms with Gasteiger partial charge in [0, 0.05) is 36.0 Å². The first-order valence-electron chi connectivity index (χ1n) is 10.6. The van der Waals surface area contributed by atoms with E-state index in [1.54, 1.807) is 12.5 Å². The number of carbonyl (C=O) groups is 1. The van der Waals surface area contributed by atoms with Gasteiger partial charge in [-0.2, -0.15) is 0 Å². The van der Waals surface area contributed by atoms with Gasteiger partial charge in [-0.1, -0.05) is 12.1 Å². The summed E-state index contributed by atoms with van der Waals surface area (Å²) >= 11 is 1.48. The van der Waals surface area contributed by atoms with Crippen LogP contribution in [-0.2, 0) is 4.79 Å². The lowest BCUT2D eigenvalue weighted by atomic mass is 10.1. The molecule has 0 saturated carbocycles. The number of carbonyl (C=O) groups excluding carboxylic acids is 1. The number of aromatic amines is 1. The van der Waals surface area contributed by atoms with E-state index in [2.05, 4.69) is 9.97 Å². The van der Waals surface area contributed by atoms with Crippen molar-refractivity contribution in [2.75, 3.05) is 13.1 Å². The first-order valence-corrected chi connectivity index (χ1v) is 11.4. The van der Waals surface area contributed by atoms with Gasteiger partial charge in [0.05, 0.1) is 17.3 Å². The number of imidazole rings is 1. The third-order valence-corrected chi connectivity index (χ3v) is 7.03. The fraction of sp³-hybridized carbons (Fsp3) is 0.250. The molecule has 4 heterocycles. The number of hydrogen-bond donors (Lipinski definition) is 1. The minimum atomic E-state index is -0.206. The molecule has 3 aromatic heterocycles. The highest BCUT2D eigenvalue weighted by Gasteiger charge is 2.25. The summed E-state index contributed by atoms with van der Waals surface area (Å²) in [6.07, 6.45) is 9.14. The average molecular weight is 446 g/mol. The van der Waals surface area contributed by atoms with E-state index in [9.17, 15) is 9.59 Å². The SMILES string of the molecule is Cc1sc2nc(/C(=C\c3ccc(-n4ccnc4)cc3)C(=O)N3CCCC3)[nH]c(=O)c2c1C. The van der Waals surface area contributed by atoms with Crippen molar-refractivity contribution in [3.8, 4) is 5.69 Å². The normalized spacial score (nSPS) is 14.4. The zero-order valence-electron chi connectivity index (χ0n) is 18.0. The van der Waals surface area contributed by atoms with Gasteiger partial charge in [-0.3, -0.25) is 9.59 Å². The van der Waals surface area contributed by atoms with Crippen LogP contribution in [0.15, 0.2) is 47.8 Å². The maximum atomic E-state index is 13.4. The number of aromatic nitrogens is 4. The fourth-order valence-corrected chi connectivity index (χ4v) is 5.06. The molecular weight excluding hydrogens is 422 g/mol. The molecule has 1 amide bonds. The summed E-state index contributed by atoms with van der Waals surface area (Å²) < 4.78 is 1.91. The van der Waals surface area contributed by atoms with E-state index in [0.29, 0.717) is 21.6 Å². The minimum Gasteiger partial charge on any atom is -0.339 e. The van der Waals surface area contributed by atoms with Crippen molar-refractivity contribution in [2.24, 2.45) is 0 Å². The van der Waals surface area contributed by atoms with E-state index in [4.69, 9.17) is 4.98 Å². The lowest BCUT2D eigenvalue weighted by Gasteiger charge is -2.17. The molecule has 0 spiro atoms. The fourth-order valence-electron chi connectivity index (χ4n) is 4.03. The number of amides is 1. The maximum Gasteiger partial charge on any atom is 0.260 e. The number of nitrogens with zero attached hydrogens (tertiary/aromatic N) is 4. The van der Waals surface area contributed by atoms with E-state index in [0.717, 1.165) is 47.6 Å². The molecule has 0 unspecified atom stereocenters. The summed E-state index contributed by atoms with van der Waals surface area (Å²) in [5, 5.41) is 0.605. The number of likely N-dealkylation sites (tertiary alicyclic amines) is 1. The summed E-state index contributed by atoms with van der Waals surface area (Å²) in [5.41, 5.74) is 2.98. The summed E-state index contributed by atoms with van der Waals surface area (Å²) in [6.45, 7) is 5.35. The number of H-pyrrole nitrogens is 1. The highest BCUT2D eigenvalue weighted by Crippen LogP contribution is 2.28. The number of aryl methyl sites for hydroxylation is 2. The minimum absolute atomic E-state index is 0.103. The van der Waals surface area contributed by atoms with Gasteiger partial charge in [-0.25, -0.2) is 9.97 Å². The molecule has 4 aromatic rings. The lowest BCUT2D eigenvalue weighted by Crippen LogP contribution is -2.29. The van der Waals surface area contributed by atoms with Gasteiger partial charge in [0.15, 0.2) is 0 Å². The van der Waals surface area contributed by atoms with Crippen LogP contribution in [0.4, 0.5) is 0 Å². The van der Waals surface area contributed by atoms with Crippen molar-refractivity contribution in [3.05, 3.63) is 75.2 Å². The molecule has 8 heteroatoms. The van der Waals surface area contributed by atoms with Crippen LogP contribution in [0.3, 0.4) is 0 Å². The molecule has 32 heavy (non-hydrogen) atoms. The van der Waals surface area contributed by atoms with Gasteiger partial charge in [0.25, 0.3) is 11.5 Å². The quantitative estimate of drug-likeness (QED) is 0.482. The first kappa shape index (κ1) is 20.4. The highest BCUT2D eigenvalue weighted by atomic mass is 32.1. The third kappa shape index (κ3) is 3.67. The topological polar surface area (TPSA) is 83.9 Å². The van der Waals surface area contributed by atoms with E-state index < -0.39 is 0 Å². The van der Waals surface area contributed by atoms with Crippen molar-refractivity contribution in [2.45, 2.75) is 26.7 Å². The third-order valence-electron chi connectivity index (χ3n) is 5.92. The summed E-state index contributed by atoms with van der Waals surface area (Å²) in [5.74, 6) is 0.216. The van der Waals surface area contributed by atoms with Gasteiger partial charge in [0.2, 0.25) is 0 Å². The molecule has 0 radical (unpaired) electrons. The second-order valence-corrected chi connectivity index (χ2v) is 9.20. The van der Waals surface area contributed by atoms with E-state index in [1.165, 1.54) is 11.3 Å². The van der Waals surface area contributed by atoms with Gasteiger partial charge in [-0.05, 0) is 56.0 Å². The Morgan fingerprint density at radius 2 is 1.91 bits per heavy atom. The average Bonchev–Trinajstić information content (AvgIpc) is 3.55. The smallest absolute Gasteiger partial charge is 0.260 e. The Labute approximate surface area is 189 Å². The Morgan fingerprint density at radius 3 is 2.59 bits per heavy atom. The molecule has 1 fully saturated rings. The van der Waals surface area contributed by atoms with Gasteiger partial charge in [0.1, 0.15) is 10.7 Å². The van der Waals surface area contributed by atoms with E-state index in [1.807, 2.05) is 59.9 Å². The van der Waals surface area contributed by atoms with Crippen LogP contribution < -0.4 is 5.56 Å². The van der Waals surface area contributed by atoms with Crippen LogP contribution in [0, 0.1) is 13.8 Å². The van der Waals surface area contributed by atoms with Gasteiger partial charge < -0.3 is 14.5 Å². The van der Waals surface area contributed by atoms with Crippen LogP contribution in [0.5, 0.6) is 0 Å². The lowest BCUT2D eigenvalue weighted by molar-refractivity contribution is -0.123. The Hall–Kier alpha value is -3.52. The Morgan fingerprint density at radius 1 is 1.16 bits per heavy atom. The second kappa shape index (κ2) is 8.20. The zero-order chi connectivity index (χ0) is 22.2. The molecule has 162 valence electrons. The van der Waals surface area contributed by atoms with Crippen molar-refractivity contribution in [1.29, 1.82) is 0 Å². The van der Waals surface area contributed by atoms with Crippen LogP contribution in [0.25, 0.3) is 27.6 Å². The van der Waals surface area contributed by atoms with E-state index in [-0.39, 0.29) is 11.5 Å². The van der Waals surface area contributed by atoms with Gasteiger partial charge in [-0.15, -0.1) is 11.3 Å². The molecule has 1 aliphatic heterocycles. The van der Waals surface area contributed by atoms with Crippen molar-refractivity contribution in [1.82, 2.24) is 24.4 Å². The number of hydrogen-bond acceptors (Lipinski definition) is 5.